The molecule has 3 amide bonds. The summed E-state index contributed by atoms with van der Waals surface area (Å²) in [7, 11) is 1.89. The number of hydrogen-bond donors (Lipinski definition) is 3. The summed E-state index contributed by atoms with van der Waals surface area (Å²) < 4.78 is 1.88. The molecule has 0 fully saturated rings. The molecule has 128 valence electrons. The number of aryl methyl sites for hydroxylation is 1. The second-order valence-electron chi connectivity index (χ2n) is 5.48. The molecule has 24 heavy (non-hydrogen) atoms. The van der Waals surface area contributed by atoms with Gasteiger partial charge in [-0.1, -0.05) is 30.3 Å². The Morgan fingerprint density at radius 1 is 1.17 bits per heavy atom. The number of nitrogens with zero attached hydrogens (tertiary/aromatic N) is 2. The van der Waals surface area contributed by atoms with E-state index in [2.05, 4.69) is 20.9 Å². The molecule has 0 saturated carbocycles. The molecular weight excluding hydrogens is 306 g/mol. The van der Waals surface area contributed by atoms with Gasteiger partial charge in [0.05, 0.1) is 0 Å². The van der Waals surface area contributed by atoms with Crippen molar-refractivity contribution >= 4 is 11.9 Å². The molecule has 2 rings (SSSR count). The largest absolute Gasteiger partial charge is 0.356 e. The van der Waals surface area contributed by atoms with Crippen LogP contribution in [0.2, 0.25) is 0 Å². The number of benzene rings is 1. The number of carbonyl (C=O) groups is 2. The average molecular weight is 329 g/mol. The van der Waals surface area contributed by atoms with Gasteiger partial charge >= 0.3 is 6.03 Å². The predicted molar refractivity (Wildman–Crippen MR) is 91.3 cm³/mol. The van der Waals surface area contributed by atoms with Crippen molar-refractivity contribution in [3.63, 3.8) is 0 Å². The fraction of sp³-hybridized carbons (Fsp3) is 0.353. The number of hydrogen-bond acceptors (Lipinski definition) is 3. The van der Waals surface area contributed by atoms with Crippen LogP contribution in [0.5, 0.6) is 0 Å². The smallest absolute Gasteiger partial charge is 0.315 e. The van der Waals surface area contributed by atoms with E-state index in [0.717, 1.165) is 11.4 Å². The summed E-state index contributed by atoms with van der Waals surface area (Å²) >= 11 is 0. The van der Waals surface area contributed by atoms with E-state index in [4.69, 9.17) is 0 Å². The van der Waals surface area contributed by atoms with Gasteiger partial charge in [0.2, 0.25) is 5.91 Å². The van der Waals surface area contributed by atoms with Crippen molar-refractivity contribution in [2.75, 3.05) is 13.1 Å². The lowest BCUT2D eigenvalue weighted by molar-refractivity contribution is -0.118. The minimum atomic E-state index is -0.332. The molecule has 0 aliphatic heterocycles. The van der Waals surface area contributed by atoms with Crippen LogP contribution in [0.3, 0.4) is 0 Å². The highest BCUT2D eigenvalue weighted by Gasteiger charge is 2.20. The van der Waals surface area contributed by atoms with Gasteiger partial charge in [0.1, 0.15) is 11.9 Å². The molecule has 3 N–H and O–H groups in total. The number of imidazole rings is 1. The summed E-state index contributed by atoms with van der Waals surface area (Å²) in [5.41, 5.74) is 0.959. The lowest BCUT2D eigenvalue weighted by Crippen LogP contribution is -2.40. The zero-order chi connectivity index (χ0) is 17.4. The van der Waals surface area contributed by atoms with Crippen molar-refractivity contribution in [3.8, 4) is 0 Å². The maximum Gasteiger partial charge on any atom is 0.315 e. The van der Waals surface area contributed by atoms with Crippen molar-refractivity contribution in [1.82, 2.24) is 25.5 Å². The Morgan fingerprint density at radius 2 is 1.88 bits per heavy atom. The van der Waals surface area contributed by atoms with Crippen molar-refractivity contribution in [2.24, 2.45) is 7.05 Å². The molecule has 1 aromatic carbocycles. The number of amides is 3. The van der Waals surface area contributed by atoms with Gasteiger partial charge in [0, 0.05) is 39.5 Å². The highest BCUT2D eigenvalue weighted by molar-refractivity contribution is 5.75. The van der Waals surface area contributed by atoms with Crippen LogP contribution in [0.15, 0.2) is 42.7 Å². The van der Waals surface area contributed by atoms with E-state index in [1.807, 2.05) is 48.1 Å². The number of rotatable bonds is 7. The summed E-state index contributed by atoms with van der Waals surface area (Å²) in [6.07, 6.45) is 4.22. The second-order valence-corrected chi connectivity index (χ2v) is 5.48. The molecule has 0 aliphatic carbocycles. The Morgan fingerprint density at radius 3 is 2.50 bits per heavy atom. The third-order valence-electron chi connectivity index (χ3n) is 3.54. The molecule has 1 aromatic heterocycles. The molecular formula is C17H23N5O2. The van der Waals surface area contributed by atoms with Crippen LogP contribution >= 0.6 is 0 Å². The first-order valence-electron chi connectivity index (χ1n) is 7.89. The van der Waals surface area contributed by atoms with E-state index in [0.29, 0.717) is 19.5 Å². The van der Waals surface area contributed by atoms with Crippen LogP contribution in [0.1, 0.15) is 30.8 Å². The van der Waals surface area contributed by atoms with Gasteiger partial charge < -0.3 is 20.5 Å². The second kappa shape index (κ2) is 8.71. The molecule has 0 spiro atoms. The van der Waals surface area contributed by atoms with Crippen LogP contribution in [-0.2, 0) is 11.8 Å². The lowest BCUT2D eigenvalue weighted by Gasteiger charge is -2.19. The van der Waals surface area contributed by atoms with Gasteiger partial charge in [-0.2, -0.15) is 0 Å². The molecule has 0 saturated heterocycles. The van der Waals surface area contributed by atoms with Crippen LogP contribution in [0.4, 0.5) is 4.79 Å². The van der Waals surface area contributed by atoms with Crippen molar-refractivity contribution < 1.29 is 9.59 Å². The van der Waals surface area contributed by atoms with Crippen molar-refractivity contribution in [1.29, 1.82) is 0 Å². The van der Waals surface area contributed by atoms with Gasteiger partial charge in [-0.3, -0.25) is 4.79 Å². The summed E-state index contributed by atoms with van der Waals surface area (Å²) in [5, 5.41) is 8.45. The van der Waals surface area contributed by atoms with Crippen LogP contribution in [0.25, 0.3) is 0 Å². The molecule has 1 unspecified atom stereocenters. The molecule has 2 aromatic rings. The van der Waals surface area contributed by atoms with Crippen LogP contribution < -0.4 is 16.0 Å². The Bertz CT molecular complexity index is 669. The first-order chi connectivity index (χ1) is 11.6. The highest BCUT2D eigenvalue weighted by atomic mass is 16.2. The Balaban J connectivity index is 1.95. The van der Waals surface area contributed by atoms with Crippen molar-refractivity contribution in [2.45, 2.75) is 19.4 Å². The summed E-state index contributed by atoms with van der Waals surface area (Å²) in [4.78, 5) is 27.3. The van der Waals surface area contributed by atoms with Crippen molar-refractivity contribution in [3.05, 3.63) is 54.1 Å². The van der Waals surface area contributed by atoms with Crippen LogP contribution in [0, 0.1) is 0 Å². The maximum absolute atomic E-state index is 12.2. The molecule has 0 bridgehead atoms. The standard InChI is InChI=1S/C17H23N5O2/c1-13(23)18-9-6-10-20-17(24)21-15(14-7-4-3-5-8-14)16-19-11-12-22(16)2/h3-5,7-8,11-12,15H,6,9-10H2,1-2H3,(H,18,23)(H2,20,21,24). The molecule has 0 radical (unpaired) electrons. The molecule has 7 heteroatoms. The normalized spacial score (nSPS) is 11.6. The molecule has 7 nitrogen and oxygen atoms in total. The summed E-state index contributed by atoms with van der Waals surface area (Å²) in [6.45, 7) is 2.49. The number of urea groups is 1. The van der Waals surface area contributed by atoms with Crippen LogP contribution in [-0.4, -0.2) is 34.6 Å². The van der Waals surface area contributed by atoms with Gasteiger partial charge in [-0.05, 0) is 12.0 Å². The molecule has 1 heterocycles. The highest BCUT2D eigenvalue weighted by Crippen LogP contribution is 2.19. The Kier molecular flexibility index (Phi) is 6.36. The third-order valence-corrected chi connectivity index (χ3v) is 3.54. The van der Waals surface area contributed by atoms with Gasteiger partial charge in [-0.15, -0.1) is 0 Å². The third kappa shape index (κ3) is 5.12. The zero-order valence-corrected chi connectivity index (χ0v) is 14.0. The first kappa shape index (κ1) is 17.5. The van der Waals surface area contributed by atoms with E-state index < -0.39 is 0 Å². The SMILES string of the molecule is CC(=O)NCCCNC(=O)NC(c1ccccc1)c1nccn1C. The van der Waals surface area contributed by atoms with E-state index in [-0.39, 0.29) is 18.0 Å². The minimum absolute atomic E-state index is 0.0709. The minimum Gasteiger partial charge on any atom is -0.356 e. The first-order valence-corrected chi connectivity index (χ1v) is 7.89. The Hall–Kier alpha value is -2.83. The maximum atomic E-state index is 12.2. The molecule has 0 aliphatic rings. The number of nitrogens with one attached hydrogen (secondary N) is 3. The summed E-state index contributed by atoms with van der Waals surface area (Å²) in [5.74, 6) is 0.688. The molecule has 1 atom stereocenters. The summed E-state index contributed by atoms with van der Waals surface area (Å²) in [6, 6.07) is 9.10. The zero-order valence-electron chi connectivity index (χ0n) is 14.0. The lowest BCUT2D eigenvalue weighted by atomic mass is 10.1. The van der Waals surface area contributed by atoms with E-state index in [9.17, 15) is 9.59 Å². The van der Waals surface area contributed by atoms with E-state index in [1.165, 1.54) is 6.92 Å². The average Bonchev–Trinajstić information content (AvgIpc) is 2.98. The quantitative estimate of drug-likeness (QED) is 0.670. The number of carbonyl (C=O) groups excluding carboxylic acids is 2. The van der Waals surface area contributed by atoms with E-state index >= 15 is 0 Å². The predicted octanol–water partition coefficient (Wildman–Crippen LogP) is 1.33. The van der Waals surface area contributed by atoms with Gasteiger partial charge in [0.25, 0.3) is 0 Å². The fourth-order valence-corrected chi connectivity index (χ4v) is 2.33. The van der Waals surface area contributed by atoms with E-state index in [1.54, 1.807) is 6.20 Å². The monoisotopic (exact) mass is 329 g/mol. The number of aromatic nitrogens is 2. The van der Waals surface area contributed by atoms with Gasteiger partial charge in [0.15, 0.2) is 0 Å². The van der Waals surface area contributed by atoms with Gasteiger partial charge in [-0.25, -0.2) is 9.78 Å². The fourth-order valence-electron chi connectivity index (χ4n) is 2.33. The topological polar surface area (TPSA) is 88.1 Å². The Labute approximate surface area is 141 Å².